The molecule has 2 rings (SSSR count). The fourth-order valence-electron chi connectivity index (χ4n) is 2.66. The van der Waals surface area contributed by atoms with E-state index in [1.54, 1.807) is 0 Å². The summed E-state index contributed by atoms with van der Waals surface area (Å²) >= 11 is 1.97. The molecule has 0 radical (unpaired) electrons. The first kappa shape index (κ1) is 14.1. The van der Waals surface area contributed by atoms with Gasteiger partial charge in [-0.3, -0.25) is 0 Å². The van der Waals surface area contributed by atoms with Crippen molar-refractivity contribution in [2.75, 3.05) is 7.05 Å². The summed E-state index contributed by atoms with van der Waals surface area (Å²) in [5, 5.41) is 0. The van der Waals surface area contributed by atoms with Gasteiger partial charge in [0.2, 0.25) is 0 Å². The molecule has 0 amide bonds. The third kappa shape index (κ3) is 3.02. The molecular weight excluding hydrogens is 268 g/mol. The quantitative estimate of drug-likeness (QED) is 0.615. The molecule has 0 spiro atoms. The van der Waals surface area contributed by atoms with Crippen molar-refractivity contribution in [1.82, 2.24) is 4.90 Å². The first-order valence-electron chi connectivity index (χ1n) is 4.75. The molecule has 2 aliphatic rings. The van der Waals surface area contributed by atoms with Crippen LogP contribution in [0.15, 0.2) is 0 Å². The smallest absolute Gasteiger partial charge is 0.147 e. The summed E-state index contributed by atoms with van der Waals surface area (Å²) in [5.74, 6) is 0. The van der Waals surface area contributed by atoms with Crippen LogP contribution in [-0.4, -0.2) is 40.9 Å². The van der Waals surface area contributed by atoms with E-state index in [1.807, 2.05) is 16.9 Å². The maximum Gasteiger partial charge on any atom is -0.147 e. The van der Waals surface area contributed by atoms with Crippen molar-refractivity contribution in [3.8, 4) is 0 Å². The Bertz CT molecular complexity index is 143. The Kier molecular flexibility index (Phi) is 6.35. The van der Waals surface area contributed by atoms with Crippen molar-refractivity contribution >= 4 is 41.7 Å². The molecule has 0 saturated carbocycles. The van der Waals surface area contributed by atoms with Gasteiger partial charge < -0.3 is 0 Å². The maximum atomic E-state index is 2.64. The van der Waals surface area contributed by atoms with Crippen molar-refractivity contribution in [3.63, 3.8) is 0 Å². The molecule has 0 aromatic heterocycles. The Morgan fingerprint density at radius 3 is 2.00 bits per heavy atom. The number of piperidine rings is 2. The van der Waals surface area contributed by atoms with Crippen LogP contribution in [0.1, 0.15) is 32.1 Å². The minimum Gasteiger partial charge on any atom is -0.147 e. The van der Waals surface area contributed by atoms with Gasteiger partial charge >= 0.3 is 77.7 Å². The summed E-state index contributed by atoms with van der Waals surface area (Å²) in [6, 6.07) is 1.89. The second-order valence-corrected chi connectivity index (χ2v) is 6.11. The number of halogens is 2. The number of fused-ring (bicyclic) bond motifs is 2. The van der Waals surface area contributed by atoms with Gasteiger partial charge in [0.05, 0.1) is 0 Å². The van der Waals surface area contributed by atoms with Crippen LogP contribution in [0, 0.1) is 0 Å². The number of hydrogen-bond donors (Lipinski definition) is 0. The van der Waals surface area contributed by atoms with Crippen LogP contribution >= 0.6 is 24.8 Å². The summed E-state index contributed by atoms with van der Waals surface area (Å²) in [7, 11) is 2.33. The molecule has 2 aliphatic heterocycles. The Morgan fingerprint density at radius 2 is 1.54 bits per heavy atom. The zero-order valence-electron chi connectivity index (χ0n) is 8.11. The molecule has 1 nitrogen and oxygen atoms in total. The Balaban J connectivity index is 0.000000720. The Labute approximate surface area is 102 Å². The average molecular weight is 288 g/mol. The van der Waals surface area contributed by atoms with Crippen LogP contribution in [0.2, 0.25) is 4.71 Å². The first-order chi connectivity index (χ1) is 5.27. The molecule has 2 bridgehead atoms. The zero-order chi connectivity index (χ0) is 7.84. The fourth-order valence-corrected chi connectivity index (χ4v) is 3.98. The first-order valence-corrected chi connectivity index (χ1v) is 6.15. The van der Waals surface area contributed by atoms with Crippen LogP contribution in [0.5, 0.6) is 0 Å². The second kappa shape index (κ2) is 5.85. The second-order valence-electron chi connectivity index (χ2n) is 4.14. The molecule has 0 aliphatic carbocycles. The third-order valence-corrected chi connectivity index (χ3v) is 4.52. The van der Waals surface area contributed by atoms with Crippen molar-refractivity contribution in [1.29, 1.82) is 0 Å². The van der Waals surface area contributed by atoms with Crippen LogP contribution in [0.3, 0.4) is 0 Å². The topological polar surface area (TPSA) is 3.24 Å². The fraction of sp³-hybridized carbons (Fsp3) is 1.00. The summed E-state index contributed by atoms with van der Waals surface area (Å²) < 4.78 is 1.05. The van der Waals surface area contributed by atoms with Gasteiger partial charge in [-0.15, -0.1) is 24.8 Å². The molecule has 2 heterocycles. The van der Waals surface area contributed by atoms with Crippen molar-refractivity contribution < 1.29 is 0 Å². The molecule has 0 N–H and O–H groups in total. The third-order valence-electron chi connectivity index (χ3n) is 3.38. The summed E-state index contributed by atoms with van der Waals surface area (Å²) in [6.45, 7) is 0. The minimum absolute atomic E-state index is 0. The number of nitrogens with zero attached hydrogens (tertiary/aromatic N) is 1. The molecular formula is C9H20AsCl2N. The zero-order valence-corrected chi connectivity index (χ0v) is 12.2. The van der Waals surface area contributed by atoms with Gasteiger partial charge in [-0.05, 0) is 0 Å². The molecule has 13 heavy (non-hydrogen) atoms. The molecule has 3 atom stereocenters. The Hall–Kier alpha value is 1.10. The van der Waals surface area contributed by atoms with Crippen LogP contribution in [-0.2, 0) is 0 Å². The van der Waals surface area contributed by atoms with E-state index in [1.165, 1.54) is 32.1 Å². The van der Waals surface area contributed by atoms with Gasteiger partial charge in [-0.25, -0.2) is 0 Å². The van der Waals surface area contributed by atoms with Gasteiger partial charge in [0.1, 0.15) is 0 Å². The van der Waals surface area contributed by atoms with Crippen molar-refractivity contribution in [2.24, 2.45) is 0 Å². The van der Waals surface area contributed by atoms with E-state index >= 15 is 0 Å². The predicted molar refractivity (Wildman–Crippen MR) is 65.2 cm³/mol. The molecule has 2 saturated heterocycles. The summed E-state index contributed by atoms with van der Waals surface area (Å²) in [6.07, 6.45) is 7.38. The Morgan fingerprint density at radius 1 is 1.08 bits per heavy atom. The van der Waals surface area contributed by atoms with E-state index in [0.717, 1.165) is 16.8 Å². The SMILES string of the molecule is CN1C2CCCC1CC([AsH2])C2.Cl.Cl. The normalized spacial score (nSPS) is 38.8. The van der Waals surface area contributed by atoms with E-state index in [9.17, 15) is 0 Å². The number of rotatable bonds is 0. The van der Waals surface area contributed by atoms with Gasteiger partial charge in [0.25, 0.3) is 0 Å². The molecule has 2 fully saturated rings. The van der Waals surface area contributed by atoms with Gasteiger partial charge in [-0.1, -0.05) is 0 Å². The summed E-state index contributed by atoms with van der Waals surface area (Å²) in [5.41, 5.74) is 0. The molecule has 4 heteroatoms. The van der Waals surface area contributed by atoms with E-state index in [0.29, 0.717) is 0 Å². The van der Waals surface area contributed by atoms with Gasteiger partial charge in [-0.2, -0.15) is 0 Å². The van der Waals surface area contributed by atoms with E-state index < -0.39 is 0 Å². The van der Waals surface area contributed by atoms with Crippen molar-refractivity contribution in [3.05, 3.63) is 0 Å². The average Bonchev–Trinajstić information content (AvgIpc) is 1.92. The molecule has 0 aromatic carbocycles. The maximum absolute atomic E-state index is 2.64. The van der Waals surface area contributed by atoms with Crippen LogP contribution in [0.4, 0.5) is 0 Å². The van der Waals surface area contributed by atoms with Gasteiger partial charge in [0, 0.05) is 0 Å². The molecule has 80 valence electrons. The van der Waals surface area contributed by atoms with Crippen molar-refractivity contribution in [2.45, 2.75) is 48.9 Å². The van der Waals surface area contributed by atoms with E-state index in [4.69, 9.17) is 0 Å². The molecule has 0 aromatic rings. The minimum atomic E-state index is 0. The van der Waals surface area contributed by atoms with Crippen LogP contribution in [0.25, 0.3) is 0 Å². The predicted octanol–water partition coefficient (Wildman–Crippen LogP) is 1.90. The number of hydrogen-bond acceptors (Lipinski definition) is 1. The van der Waals surface area contributed by atoms with Gasteiger partial charge in [0.15, 0.2) is 0 Å². The monoisotopic (exact) mass is 287 g/mol. The summed E-state index contributed by atoms with van der Waals surface area (Å²) in [4.78, 5) is 2.64. The standard InChI is InChI=1S/C9H18AsN.2ClH/c1-11-8-3-2-4-9(11)6-7(10)5-8;;/h7-9H,2-6,10H2,1H3;2*1H. The largest absolute Gasteiger partial charge is 0.147 e. The van der Waals surface area contributed by atoms with Crippen LogP contribution < -0.4 is 0 Å². The van der Waals surface area contributed by atoms with E-state index in [2.05, 4.69) is 11.9 Å². The molecule has 3 unspecified atom stereocenters. The van der Waals surface area contributed by atoms with E-state index in [-0.39, 0.29) is 24.8 Å².